The van der Waals surface area contributed by atoms with E-state index < -0.39 is 23.8 Å². The molecule has 6 heteroatoms. The van der Waals surface area contributed by atoms with Gasteiger partial charge in [-0.05, 0) is 53.6 Å². The Labute approximate surface area is 184 Å². The molecule has 2 aromatic rings. The molecule has 0 aliphatic rings. The average molecular weight is 433 g/mol. The van der Waals surface area contributed by atoms with Gasteiger partial charge in [0.1, 0.15) is 11.6 Å². The summed E-state index contributed by atoms with van der Waals surface area (Å²) in [5.74, 6) is -1.67. The molecular formula is C25H34F2N2O2. The van der Waals surface area contributed by atoms with E-state index >= 15 is 0 Å². The molecule has 0 spiro atoms. The Morgan fingerprint density at radius 2 is 1.61 bits per heavy atom. The quantitative estimate of drug-likeness (QED) is 0.474. The zero-order valence-corrected chi connectivity index (χ0v) is 18.7. The summed E-state index contributed by atoms with van der Waals surface area (Å²) >= 11 is 0. The number of rotatable bonds is 12. The number of aliphatic hydroxyl groups excluding tert-OH is 1. The third kappa shape index (κ3) is 8.38. The van der Waals surface area contributed by atoms with Gasteiger partial charge >= 0.3 is 0 Å². The van der Waals surface area contributed by atoms with Gasteiger partial charge in [-0.15, -0.1) is 0 Å². The molecule has 0 saturated carbocycles. The third-order valence-electron chi connectivity index (χ3n) is 5.22. The molecule has 31 heavy (non-hydrogen) atoms. The number of carbonyl (C=O) groups is 1. The maximum Gasteiger partial charge on any atom is 0.217 e. The lowest BCUT2D eigenvalue weighted by atomic mass is 9.97. The Bertz CT molecular complexity index is 837. The minimum Gasteiger partial charge on any atom is -0.390 e. The normalized spacial score (nSPS) is 13.1. The largest absolute Gasteiger partial charge is 0.390 e. The molecule has 1 amide bonds. The maximum absolute atomic E-state index is 13.5. The summed E-state index contributed by atoms with van der Waals surface area (Å²) in [7, 11) is 0. The molecule has 0 bridgehead atoms. The second kappa shape index (κ2) is 12.5. The van der Waals surface area contributed by atoms with Gasteiger partial charge in [-0.1, -0.05) is 44.9 Å². The van der Waals surface area contributed by atoms with E-state index in [0.717, 1.165) is 37.3 Å². The van der Waals surface area contributed by atoms with Crippen LogP contribution < -0.4 is 10.6 Å². The van der Waals surface area contributed by atoms with Gasteiger partial charge in [-0.3, -0.25) is 4.79 Å². The Kier molecular flexibility index (Phi) is 10.1. The van der Waals surface area contributed by atoms with Crippen LogP contribution in [0.3, 0.4) is 0 Å². The van der Waals surface area contributed by atoms with E-state index in [2.05, 4.69) is 42.7 Å². The van der Waals surface area contributed by atoms with Crippen LogP contribution in [0.15, 0.2) is 36.4 Å². The monoisotopic (exact) mass is 432 g/mol. The average Bonchev–Trinajstić information content (AvgIpc) is 2.68. The predicted molar refractivity (Wildman–Crippen MR) is 120 cm³/mol. The van der Waals surface area contributed by atoms with Crippen molar-refractivity contribution in [3.05, 3.63) is 70.3 Å². The van der Waals surface area contributed by atoms with Crippen molar-refractivity contribution in [2.45, 2.75) is 71.6 Å². The molecule has 1 unspecified atom stereocenters. The first-order valence-electron chi connectivity index (χ1n) is 11.0. The zero-order chi connectivity index (χ0) is 22.8. The first-order valence-corrected chi connectivity index (χ1v) is 11.0. The van der Waals surface area contributed by atoms with Crippen molar-refractivity contribution in [1.29, 1.82) is 0 Å². The molecule has 0 aromatic heterocycles. The number of carbonyl (C=O) groups excluding carboxylic acids is 1. The number of aliphatic hydroxyl groups is 1. The first-order chi connectivity index (χ1) is 14.8. The SMILES string of the molecule is CCCc1ccc(CNC[C@@H](O)C(Cc2cc(F)cc(F)c2)NC(C)=O)cc1CCC. The fraction of sp³-hybridized carbons (Fsp3) is 0.480. The van der Waals surface area contributed by atoms with Crippen LogP contribution in [0.2, 0.25) is 0 Å². The minimum atomic E-state index is -0.912. The second-order valence-corrected chi connectivity index (χ2v) is 8.09. The van der Waals surface area contributed by atoms with Crippen LogP contribution in [0.1, 0.15) is 55.9 Å². The van der Waals surface area contributed by atoms with Crippen molar-refractivity contribution in [2.24, 2.45) is 0 Å². The number of hydrogen-bond donors (Lipinski definition) is 3. The highest BCUT2D eigenvalue weighted by molar-refractivity contribution is 5.73. The number of halogens is 2. The highest BCUT2D eigenvalue weighted by atomic mass is 19.1. The summed E-state index contributed by atoms with van der Waals surface area (Å²) < 4.78 is 27.0. The lowest BCUT2D eigenvalue weighted by Crippen LogP contribution is -2.48. The van der Waals surface area contributed by atoms with E-state index in [4.69, 9.17) is 0 Å². The number of aryl methyl sites for hydroxylation is 2. The highest BCUT2D eigenvalue weighted by Gasteiger charge is 2.21. The Balaban J connectivity index is 1.99. The molecule has 4 nitrogen and oxygen atoms in total. The van der Waals surface area contributed by atoms with Crippen LogP contribution in [-0.2, 0) is 30.6 Å². The molecule has 2 rings (SSSR count). The highest BCUT2D eigenvalue weighted by Crippen LogP contribution is 2.17. The topological polar surface area (TPSA) is 61.4 Å². The molecule has 3 N–H and O–H groups in total. The summed E-state index contributed by atoms with van der Waals surface area (Å²) in [6, 6.07) is 9.07. The van der Waals surface area contributed by atoms with Gasteiger partial charge in [0.25, 0.3) is 0 Å². The molecule has 0 heterocycles. The first kappa shape index (κ1) is 25.0. The summed E-state index contributed by atoms with van der Waals surface area (Å²) in [4.78, 5) is 11.6. The molecule has 2 atom stereocenters. The van der Waals surface area contributed by atoms with Crippen LogP contribution >= 0.6 is 0 Å². The van der Waals surface area contributed by atoms with Crippen LogP contribution in [-0.4, -0.2) is 29.7 Å². The fourth-order valence-electron chi connectivity index (χ4n) is 3.84. The van der Waals surface area contributed by atoms with Gasteiger partial charge in [0.15, 0.2) is 0 Å². The summed E-state index contributed by atoms with van der Waals surface area (Å²) in [6.07, 6.45) is 3.53. The van der Waals surface area contributed by atoms with Crippen molar-refractivity contribution in [3.8, 4) is 0 Å². The number of amides is 1. The molecule has 0 radical (unpaired) electrons. The van der Waals surface area contributed by atoms with Gasteiger partial charge in [0.05, 0.1) is 12.1 Å². The number of hydrogen-bond acceptors (Lipinski definition) is 3. The van der Waals surface area contributed by atoms with Crippen LogP contribution in [0.25, 0.3) is 0 Å². The van der Waals surface area contributed by atoms with Gasteiger partial charge in [0.2, 0.25) is 5.91 Å². The van der Waals surface area contributed by atoms with Gasteiger partial charge in [-0.25, -0.2) is 8.78 Å². The van der Waals surface area contributed by atoms with Gasteiger partial charge < -0.3 is 15.7 Å². The Morgan fingerprint density at radius 1 is 0.968 bits per heavy atom. The smallest absolute Gasteiger partial charge is 0.217 e. The van der Waals surface area contributed by atoms with E-state index in [0.29, 0.717) is 12.1 Å². The summed E-state index contributed by atoms with van der Waals surface area (Å²) in [5.41, 5.74) is 4.28. The van der Waals surface area contributed by atoms with Crippen LogP contribution in [0.5, 0.6) is 0 Å². The van der Waals surface area contributed by atoms with Crippen molar-refractivity contribution in [3.63, 3.8) is 0 Å². The zero-order valence-electron chi connectivity index (χ0n) is 18.7. The van der Waals surface area contributed by atoms with Crippen molar-refractivity contribution >= 4 is 5.91 Å². The van der Waals surface area contributed by atoms with E-state index in [-0.39, 0.29) is 18.9 Å². The number of benzene rings is 2. The predicted octanol–water partition coefficient (Wildman–Crippen LogP) is 4.07. The Morgan fingerprint density at radius 3 is 2.23 bits per heavy atom. The third-order valence-corrected chi connectivity index (χ3v) is 5.22. The lowest BCUT2D eigenvalue weighted by Gasteiger charge is -2.24. The summed E-state index contributed by atoms with van der Waals surface area (Å²) in [6.45, 7) is 6.52. The van der Waals surface area contributed by atoms with Crippen molar-refractivity contribution in [1.82, 2.24) is 10.6 Å². The van der Waals surface area contributed by atoms with E-state index in [1.807, 2.05) is 0 Å². The van der Waals surface area contributed by atoms with Crippen molar-refractivity contribution < 1.29 is 18.7 Å². The lowest BCUT2D eigenvalue weighted by molar-refractivity contribution is -0.120. The fourth-order valence-corrected chi connectivity index (χ4v) is 3.84. The summed E-state index contributed by atoms with van der Waals surface area (Å²) in [5, 5.41) is 16.5. The minimum absolute atomic E-state index is 0.128. The second-order valence-electron chi connectivity index (χ2n) is 8.09. The molecule has 0 aliphatic carbocycles. The molecule has 170 valence electrons. The molecule has 0 aliphatic heterocycles. The molecule has 0 fully saturated rings. The molecule has 2 aromatic carbocycles. The standard InChI is InChI=1S/C25H34F2N2O2/c1-4-6-20-9-8-18(10-21(20)7-5-2)15-28-16-25(31)24(29-17(3)30)13-19-11-22(26)14-23(27)12-19/h8-12,14,24-25,28,31H,4-7,13,15-16H2,1-3H3,(H,29,30)/t24?,25-/m1/s1. The van der Waals surface area contributed by atoms with E-state index in [1.54, 1.807) is 0 Å². The van der Waals surface area contributed by atoms with Gasteiger partial charge in [-0.2, -0.15) is 0 Å². The van der Waals surface area contributed by atoms with E-state index in [1.165, 1.54) is 30.2 Å². The molecular weight excluding hydrogens is 398 g/mol. The van der Waals surface area contributed by atoms with Crippen LogP contribution in [0, 0.1) is 11.6 Å². The number of nitrogens with one attached hydrogen (secondary N) is 2. The maximum atomic E-state index is 13.5. The van der Waals surface area contributed by atoms with Crippen molar-refractivity contribution in [2.75, 3.05) is 6.54 Å². The van der Waals surface area contributed by atoms with Gasteiger partial charge in [0, 0.05) is 26.1 Å². The van der Waals surface area contributed by atoms with Crippen LogP contribution in [0.4, 0.5) is 8.78 Å². The molecule has 0 saturated heterocycles. The Hall–Kier alpha value is -2.31. The van der Waals surface area contributed by atoms with E-state index in [9.17, 15) is 18.7 Å².